The van der Waals surface area contributed by atoms with Crippen molar-refractivity contribution in [3.05, 3.63) is 59.4 Å². The molecular formula is C14H16ClN3. The van der Waals surface area contributed by atoms with Crippen molar-refractivity contribution in [3.63, 3.8) is 0 Å². The number of halogens is 1. The summed E-state index contributed by atoms with van der Waals surface area (Å²) in [6.07, 6.45) is 3.64. The van der Waals surface area contributed by atoms with Gasteiger partial charge in [-0.3, -0.25) is 4.98 Å². The van der Waals surface area contributed by atoms with Gasteiger partial charge in [0.25, 0.3) is 0 Å². The number of anilines is 1. The Labute approximate surface area is 112 Å². The van der Waals surface area contributed by atoms with Crippen molar-refractivity contribution in [2.75, 3.05) is 18.0 Å². The van der Waals surface area contributed by atoms with E-state index in [1.54, 1.807) is 6.20 Å². The lowest BCUT2D eigenvalue weighted by atomic mass is 10.2. The number of hydrogen-bond acceptors (Lipinski definition) is 3. The van der Waals surface area contributed by atoms with E-state index in [1.165, 1.54) is 0 Å². The van der Waals surface area contributed by atoms with Crippen LogP contribution in [0.4, 0.5) is 5.69 Å². The van der Waals surface area contributed by atoms with Crippen molar-refractivity contribution in [1.82, 2.24) is 4.98 Å². The van der Waals surface area contributed by atoms with Crippen molar-refractivity contribution < 1.29 is 0 Å². The molecule has 94 valence electrons. The molecule has 4 heteroatoms. The number of nitrogens with zero attached hydrogens (tertiary/aromatic N) is 2. The standard InChI is InChI=1S/C14H16ClN3/c15-13-4-1-5-14(9-13)18(8-6-16)11-12-3-2-7-17-10-12/h1-5,7,9-10H,6,8,11,16H2. The first kappa shape index (κ1) is 12.9. The summed E-state index contributed by atoms with van der Waals surface area (Å²) in [6.45, 7) is 2.17. The average Bonchev–Trinajstić information content (AvgIpc) is 2.39. The predicted molar refractivity (Wildman–Crippen MR) is 75.8 cm³/mol. The molecule has 0 aliphatic heterocycles. The van der Waals surface area contributed by atoms with Crippen LogP contribution in [0.1, 0.15) is 5.56 Å². The number of rotatable bonds is 5. The van der Waals surface area contributed by atoms with Gasteiger partial charge in [-0.25, -0.2) is 0 Å². The first-order valence-corrected chi connectivity index (χ1v) is 6.27. The third-order valence-electron chi connectivity index (χ3n) is 2.67. The SMILES string of the molecule is NCCN(Cc1cccnc1)c1cccc(Cl)c1. The molecule has 3 nitrogen and oxygen atoms in total. The number of hydrogen-bond donors (Lipinski definition) is 1. The van der Waals surface area contributed by atoms with E-state index in [0.29, 0.717) is 6.54 Å². The molecule has 0 saturated carbocycles. The molecule has 0 aliphatic carbocycles. The maximum atomic E-state index is 6.02. The van der Waals surface area contributed by atoms with E-state index in [1.807, 2.05) is 36.5 Å². The molecule has 1 heterocycles. The number of aromatic nitrogens is 1. The lowest BCUT2D eigenvalue weighted by Crippen LogP contribution is -2.28. The van der Waals surface area contributed by atoms with Gasteiger partial charge >= 0.3 is 0 Å². The average molecular weight is 262 g/mol. The van der Waals surface area contributed by atoms with Gasteiger partial charge in [-0.2, -0.15) is 0 Å². The first-order chi connectivity index (χ1) is 8.79. The van der Waals surface area contributed by atoms with Gasteiger partial charge in [0, 0.05) is 42.7 Å². The summed E-state index contributed by atoms with van der Waals surface area (Å²) in [7, 11) is 0. The van der Waals surface area contributed by atoms with Gasteiger partial charge in [-0.1, -0.05) is 23.7 Å². The Hall–Kier alpha value is -1.58. The van der Waals surface area contributed by atoms with Crippen molar-refractivity contribution in [3.8, 4) is 0 Å². The Morgan fingerprint density at radius 2 is 2.11 bits per heavy atom. The monoisotopic (exact) mass is 261 g/mol. The van der Waals surface area contributed by atoms with Gasteiger partial charge in [0.05, 0.1) is 0 Å². The highest BCUT2D eigenvalue weighted by molar-refractivity contribution is 6.30. The van der Waals surface area contributed by atoms with Crippen LogP contribution >= 0.6 is 11.6 Å². The minimum absolute atomic E-state index is 0.604. The molecule has 0 bridgehead atoms. The molecule has 0 aliphatic rings. The second-order valence-electron chi connectivity index (χ2n) is 4.05. The molecule has 1 aromatic carbocycles. The molecular weight excluding hydrogens is 246 g/mol. The van der Waals surface area contributed by atoms with E-state index in [9.17, 15) is 0 Å². The summed E-state index contributed by atoms with van der Waals surface area (Å²) in [5.74, 6) is 0. The smallest absolute Gasteiger partial charge is 0.0445 e. The summed E-state index contributed by atoms with van der Waals surface area (Å²) in [4.78, 5) is 6.32. The van der Waals surface area contributed by atoms with Crippen molar-refractivity contribution in [1.29, 1.82) is 0 Å². The highest BCUT2D eigenvalue weighted by atomic mass is 35.5. The molecule has 0 radical (unpaired) electrons. The number of benzene rings is 1. The molecule has 0 atom stereocenters. The molecule has 2 N–H and O–H groups in total. The van der Waals surface area contributed by atoms with Gasteiger partial charge in [0.15, 0.2) is 0 Å². The maximum absolute atomic E-state index is 6.02. The molecule has 0 spiro atoms. The third-order valence-corrected chi connectivity index (χ3v) is 2.90. The third kappa shape index (κ3) is 3.45. The van der Waals surface area contributed by atoms with E-state index in [4.69, 9.17) is 17.3 Å². The molecule has 2 rings (SSSR count). The molecule has 0 saturated heterocycles. The number of nitrogens with two attached hydrogens (primary N) is 1. The zero-order valence-corrected chi connectivity index (χ0v) is 10.8. The molecule has 2 aromatic rings. The lowest BCUT2D eigenvalue weighted by Gasteiger charge is -2.24. The second-order valence-corrected chi connectivity index (χ2v) is 4.49. The van der Waals surface area contributed by atoms with Crippen molar-refractivity contribution >= 4 is 17.3 Å². The lowest BCUT2D eigenvalue weighted by molar-refractivity contribution is 0.787. The zero-order valence-electron chi connectivity index (χ0n) is 10.1. The van der Waals surface area contributed by atoms with Crippen LogP contribution in [0.2, 0.25) is 5.02 Å². The molecule has 1 aromatic heterocycles. The molecule has 18 heavy (non-hydrogen) atoms. The fraction of sp³-hybridized carbons (Fsp3) is 0.214. The fourth-order valence-electron chi connectivity index (χ4n) is 1.84. The van der Waals surface area contributed by atoms with Crippen LogP contribution in [0.15, 0.2) is 48.8 Å². The minimum atomic E-state index is 0.604. The topological polar surface area (TPSA) is 42.1 Å². The van der Waals surface area contributed by atoms with E-state index < -0.39 is 0 Å². The van der Waals surface area contributed by atoms with Crippen LogP contribution in [-0.4, -0.2) is 18.1 Å². The maximum Gasteiger partial charge on any atom is 0.0445 e. The van der Waals surface area contributed by atoms with Crippen LogP contribution < -0.4 is 10.6 Å². The highest BCUT2D eigenvalue weighted by Gasteiger charge is 2.07. The second kappa shape index (κ2) is 6.38. The highest BCUT2D eigenvalue weighted by Crippen LogP contribution is 2.20. The summed E-state index contributed by atoms with van der Waals surface area (Å²) in [5, 5.41) is 0.737. The Kier molecular flexibility index (Phi) is 4.56. The van der Waals surface area contributed by atoms with Gasteiger partial charge in [0.2, 0.25) is 0 Å². The Balaban J connectivity index is 2.18. The van der Waals surface area contributed by atoms with Crippen molar-refractivity contribution in [2.45, 2.75) is 6.54 Å². The fourth-order valence-corrected chi connectivity index (χ4v) is 2.02. The van der Waals surface area contributed by atoms with Gasteiger partial charge in [-0.05, 0) is 29.8 Å². The Bertz CT molecular complexity index is 487. The summed E-state index contributed by atoms with van der Waals surface area (Å²) < 4.78 is 0. The van der Waals surface area contributed by atoms with Crippen LogP contribution in [0, 0.1) is 0 Å². The Morgan fingerprint density at radius 1 is 1.22 bits per heavy atom. The molecule has 0 amide bonds. The van der Waals surface area contributed by atoms with E-state index in [0.717, 1.165) is 29.4 Å². The van der Waals surface area contributed by atoms with Gasteiger partial charge < -0.3 is 10.6 Å². The summed E-state index contributed by atoms with van der Waals surface area (Å²) in [6, 6.07) is 11.8. The summed E-state index contributed by atoms with van der Waals surface area (Å²) in [5.41, 5.74) is 7.91. The summed E-state index contributed by atoms with van der Waals surface area (Å²) >= 11 is 6.02. The zero-order chi connectivity index (χ0) is 12.8. The van der Waals surface area contributed by atoms with Crippen LogP contribution in [0.3, 0.4) is 0 Å². The predicted octanol–water partition coefficient (Wildman–Crippen LogP) is 2.70. The quantitative estimate of drug-likeness (QED) is 0.900. The largest absolute Gasteiger partial charge is 0.366 e. The number of pyridine rings is 1. The van der Waals surface area contributed by atoms with E-state index >= 15 is 0 Å². The van der Waals surface area contributed by atoms with Crippen LogP contribution in [-0.2, 0) is 6.54 Å². The van der Waals surface area contributed by atoms with E-state index in [2.05, 4.69) is 16.0 Å². The van der Waals surface area contributed by atoms with Gasteiger partial charge in [-0.15, -0.1) is 0 Å². The molecule has 0 unspecified atom stereocenters. The minimum Gasteiger partial charge on any atom is -0.366 e. The van der Waals surface area contributed by atoms with E-state index in [-0.39, 0.29) is 0 Å². The van der Waals surface area contributed by atoms with Crippen LogP contribution in [0.5, 0.6) is 0 Å². The van der Waals surface area contributed by atoms with Gasteiger partial charge in [0.1, 0.15) is 0 Å². The van der Waals surface area contributed by atoms with Crippen LogP contribution in [0.25, 0.3) is 0 Å². The Morgan fingerprint density at radius 3 is 2.78 bits per heavy atom. The molecule has 0 fully saturated rings. The first-order valence-electron chi connectivity index (χ1n) is 5.89. The van der Waals surface area contributed by atoms with Crippen molar-refractivity contribution in [2.24, 2.45) is 5.73 Å². The normalized spacial score (nSPS) is 10.3.